The summed E-state index contributed by atoms with van der Waals surface area (Å²) in [4.78, 5) is 49.8. The predicted molar refractivity (Wildman–Crippen MR) is 119 cm³/mol. The van der Waals surface area contributed by atoms with Crippen LogP contribution in [0.2, 0.25) is 0 Å². The Morgan fingerprint density at radius 2 is 1.61 bits per heavy atom. The second-order valence-electron chi connectivity index (χ2n) is 6.28. The van der Waals surface area contributed by atoms with Crippen LogP contribution in [0, 0.1) is 0 Å². The van der Waals surface area contributed by atoms with Crippen LogP contribution in [0.5, 0.6) is 0 Å². The van der Waals surface area contributed by atoms with E-state index in [1.54, 1.807) is 13.0 Å². The molecular formula is C22H19NO6S2. The summed E-state index contributed by atoms with van der Waals surface area (Å²) < 4.78 is 10.1. The van der Waals surface area contributed by atoms with Gasteiger partial charge in [-0.3, -0.25) is 9.59 Å². The maximum Gasteiger partial charge on any atom is 0.350 e. The minimum absolute atomic E-state index is 0.153. The summed E-state index contributed by atoms with van der Waals surface area (Å²) in [5, 5.41) is 2.61. The Labute approximate surface area is 186 Å². The molecule has 0 saturated carbocycles. The van der Waals surface area contributed by atoms with Crippen LogP contribution in [0.15, 0.2) is 48.5 Å². The first-order valence-electron chi connectivity index (χ1n) is 9.33. The lowest BCUT2D eigenvalue weighted by Gasteiger charge is -2.06. The van der Waals surface area contributed by atoms with Crippen molar-refractivity contribution in [1.29, 1.82) is 0 Å². The molecule has 0 aliphatic carbocycles. The number of anilines is 1. The number of ketones is 1. The number of hydrogen-bond donors (Lipinski definition) is 1. The first-order chi connectivity index (χ1) is 14.9. The third kappa shape index (κ3) is 5.65. The summed E-state index contributed by atoms with van der Waals surface area (Å²) in [6.45, 7) is 2.76. The van der Waals surface area contributed by atoms with Gasteiger partial charge >= 0.3 is 11.9 Å². The molecule has 2 heterocycles. The first-order valence-corrected chi connectivity index (χ1v) is 11.0. The van der Waals surface area contributed by atoms with Gasteiger partial charge in [-0.15, -0.1) is 22.7 Å². The van der Waals surface area contributed by atoms with Crippen LogP contribution in [0.4, 0.5) is 5.69 Å². The number of carbonyl (C=O) groups is 4. The van der Waals surface area contributed by atoms with Crippen LogP contribution in [0.25, 0.3) is 10.4 Å². The van der Waals surface area contributed by atoms with E-state index in [2.05, 4.69) is 5.32 Å². The van der Waals surface area contributed by atoms with Crippen molar-refractivity contribution in [3.05, 3.63) is 63.2 Å². The van der Waals surface area contributed by atoms with Crippen molar-refractivity contribution < 1.29 is 28.7 Å². The third-order valence-electron chi connectivity index (χ3n) is 4.01. The maximum absolute atomic E-state index is 12.4. The molecule has 1 amide bonds. The maximum atomic E-state index is 12.4. The molecule has 31 heavy (non-hydrogen) atoms. The van der Waals surface area contributed by atoms with Crippen LogP contribution in [-0.4, -0.2) is 36.8 Å². The number of nitrogens with one attached hydrogen (secondary N) is 1. The number of thiophene rings is 2. The van der Waals surface area contributed by atoms with Gasteiger partial charge in [0.2, 0.25) is 0 Å². The van der Waals surface area contributed by atoms with Crippen molar-refractivity contribution in [3.63, 3.8) is 0 Å². The molecule has 0 aliphatic rings. The second-order valence-corrected chi connectivity index (χ2v) is 8.42. The Balaban J connectivity index is 1.70. The number of esters is 2. The monoisotopic (exact) mass is 457 g/mol. The zero-order valence-corrected chi connectivity index (χ0v) is 18.4. The van der Waals surface area contributed by atoms with Crippen molar-refractivity contribution in [2.24, 2.45) is 0 Å². The standard InChI is InChI=1S/C22H19NO6S2/c1-3-28-22(27)20-15(11-18(31-20)14-7-5-4-6-8-14)23-19(25)12-29-21(26)17-10-9-16(30-17)13(2)24/h4-11H,3,12H2,1-2H3,(H,23,25). The Morgan fingerprint density at radius 3 is 2.26 bits per heavy atom. The molecule has 3 aromatic rings. The zero-order chi connectivity index (χ0) is 22.4. The number of benzene rings is 1. The molecule has 1 aromatic carbocycles. The Morgan fingerprint density at radius 1 is 0.903 bits per heavy atom. The van der Waals surface area contributed by atoms with E-state index >= 15 is 0 Å². The fraction of sp³-hybridized carbons (Fsp3) is 0.182. The molecule has 0 spiro atoms. The molecule has 2 aromatic heterocycles. The van der Waals surface area contributed by atoms with Crippen LogP contribution < -0.4 is 5.32 Å². The van der Waals surface area contributed by atoms with Gasteiger partial charge in [0.05, 0.1) is 17.2 Å². The number of carbonyl (C=O) groups excluding carboxylic acids is 4. The highest BCUT2D eigenvalue weighted by molar-refractivity contribution is 7.18. The Kier molecular flexibility index (Phi) is 7.32. The fourth-order valence-electron chi connectivity index (χ4n) is 2.60. The van der Waals surface area contributed by atoms with Crippen LogP contribution in [-0.2, 0) is 14.3 Å². The topological polar surface area (TPSA) is 98.8 Å². The van der Waals surface area contributed by atoms with E-state index in [0.717, 1.165) is 21.8 Å². The highest BCUT2D eigenvalue weighted by Gasteiger charge is 2.21. The summed E-state index contributed by atoms with van der Waals surface area (Å²) in [5.41, 5.74) is 1.18. The van der Waals surface area contributed by atoms with E-state index < -0.39 is 24.5 Å². The zero-order valence-electron chi connectivity index (χ0n) is 16.8. The quantitative estimate of drug-likeness (QED) is 0.390. The molecular weight excluding hydrogens is 438 g/mol. The van der Waals surface area contributed by atoms with E-state index in [1.165, 1.54) is 30.4 Å². The predicted octanol–water partition coefficient (Wildman–Crippen LogP) is 4.65. The Hall–Kier alpha value is -3.30. The van der Waals surface area contributed by atoms with Gasteiger partial charge in [-0.2, -0.15) is 0 Å². The average Bonchev–Trinajstić information content (AvgIpc) is 3.41. The van der Waals surface area contributed by atoms with Crippen molar-refractivity contribution in [3.8, 4) is 10.4 Å². The number of rotatable bonds is 8. The van der Waals surface area contributed by atoms with E-state index in [4.69, 9.17) is 9.47 Å². The van der Waals surface area contributed by atoms with Crippen molar-refractivity contribution in [2.45, 2.75) is 13.8 Å². The number of hydrogen-bond acceptors (Lipinski definition) is 8. The molecule has 0 bridgehead atoms. The van der Waals surface area contributed by atoms with Crippen molar-refractivity contribution >= 4 is 52.0 Å². The van der Waals surface area contributed by atoms with Gasteiger partial charge in [-0.1, -0.05) is 30.3 Å². The van der Waals surface area contributed by atoms with E-state index in [-0.39, 0.29) is 22.1 Å². The molecule has 0 radical (unpaired) electrons. The lowest BCUT2D eigenvalue weighted by atomic mass is 10.2. The van der Waals surface area contributed by atoms with E-state index in [9.17, 15) is 19.2 Å². The van der Waals surface area contributed by atoms with Gasteiger partial charge in [-0.25, -0.2) is 9.59 Å². The van der Waals surface area contributed by atoms with Gasteiger partial charge in [0.1, 0.15) is 9.75 Å². The minimum atomic E-state index is -0.700. The molecule has 0 aliphatic heterocycles. The molecule has 0 unspecified atom stereocenters. The molecule has 1 N–H and O–H groups in total. The molecule has 9 heteroatoms. The summed E-state index contributed by atoms with van der Waals surface area (Å²) in [6.07, 6.45) is 0. The summed E-state index contributed by atoms with van der Waals surface area (Å²) >= 11 is 2.20. The summed E-state index contributed by atoms with van der Waals surface area (Å²) in [7, 11) is 0. The number of ether oxygens (including phenoxy) is 2. The molecule has 160 valence electrons. The second kappa shape index (κ2) is 10.1. The third-order valence-corrected chi connectivity index (χ3v) is 6.34. The van der Waals surface area contributed by atoms with E-state index in [1.807, 2.05) is 30.3 Å². The van der Waals surface area contributed by atoms with Crippen LogP contribution >= 0.6 is 22.7 Å². The molecule has 0 fully saturated rings. The van der Waals surface area contributed by atoms with Gasteiger partial charge in [0, 0.05) is 4.88 Å². The lowest BCUT2D eigenvalue weighted by Crippen LogP contribution is -2.21. The first kappa shape index (κ1) is 22.4. The smallest absolute Gasteiger partial charge is 0.350 e. The largest absolute Gasteiger partial charge is 0.462 e. The van der Waals surface area contributed by atoms with Crippen molar-refractivity contribution in [2.75, 3.05) is 18.5 Å². The van der Waals surface area contributed by atoms with Gasteiger partial charge in [0.25, 0.3) is 5.91 Å². The minimum Gasteiger partial charge on any atom is -0.462 e. The molecule has 0 atom stereocenters. The summed E-state index contributed by atoms with van der Waals surface area (Å²) in [6, 6.07) is 14.1. The van der Waals surface area contributed by atoms with Gasteiger partial charge in [0.15, 0.2) is 12.4 Å². The van der Waals surface area contributed by atoms with Gasteiger partial charge < -0.3 is 14.8 Å². The average molecular weight is 458 g/mol. The normalized spacial score (nSPS) is 10.4. The Bertz CT molecular complexity index is 1120. The molecule has 3 rings (SSSR count). The fourth-order valence-corrected chi connectivity index (χ4v) is 4.41. The number of amides is 1. The molecule has 0 saturated heterocycles. The van der Waals surface area contributed by atoms with Crippen molar-refractivity contribution in [1.82, 2.24) is 0 Å². The highest BCUT2D eigenvalue weighted by Crippen LogP contribution is 2.35. The summed E-state index contributed by atoms with van der Waals surface area (Å²) in [5.74, 6) is -1.99. The van der Waals surface area contributed by atoms with E-state index in [0.29, 0.717) is 10.6 Å². The SMILES string of the molecule is CCOC(=O)c1sc(-c2ccccc2)cc1NC(=O)COC(=O)c1ccc(C(C)=O)s1. The lowest BCUT2D eigenvalue weighted by molar-refractivity contribution is -0.119. The highest BCUT2D eigenvalue weighted by atomic mass is 32.1. The van der Waals surface area contributed by atoms with Crippen LogP contribution in [0.3, 0.4) is 0 Å². The number of Topliss-reactive ketones (excluding diaryl/α,β-unsaturated/α-hetero) is 1. The molecule has 7 nitrogen and oxygen atoms in total. The van der Waals surface area contributed by atoms with Gasteiger partial charge in [-0.05, 0) is 37.6 Å². The van der Waals surface area contributed by atoms with Crippen LogP contribution in [0.1, 0.15) is 42.9 Å².